The van der Waals surface area contributed by atoms with Crippen LogP contribution in [0.4, 0.5) is 0 Å². The minimum Gasteiger partial charge on any atom is -0.445 e. The van der Waals surface area contributed by atoms with Gasteiger partial charge < -0.3 is 18.3 Å². The second kappa shape index (κ2) is 9.60. The largest absolute Gasteiger partial charge is 0.445 e. The van der Waals surface area contributed by atoms with Crippen LogP contribution < -0.4 is 0 Å². The van der Waals surface area contributed by atoms with E-state index in [2.05, 4.69) is 12.2 Å². The van der Waals surface area contributed by atoms with Gasteiger partial charge in [0.2, 0.25) is 0 Å². The molecule has 13 heavy (non-hydrogen) atoms. The van der Waals surface area contributed by atoms with Gasteiger partial charge in [-0.1, -0.05) is 0 Å². The maximum atomic E-state index is 5.12. The fraction of sp³-hybridized carbons (Fsp3) is 0.750. The van der Waals surface area contributed by atoms with Crippen LogP contribution in [0.5, 0.6) is 0 Å². The lowest BCUT2D eigenvalue weighted by Gasteiger charge is -2.09. The Bertz CT molecular complexity index is 157. The number of hydrogen-bond acceptors (Lipinski definition) is 4. The molecule has 0 N–H and O–H groups in total. The molecule has 0 aliphatic rings. The topological polar surface area (TPSA) is 36.9 Å². The van der Waals surface area contributed by atoms with E-state index in [9.17, 15) is 0 Å². The van der Waals surface area contributed by atoms with Gasteiger partial charge in [-0.3, -0.25) is 0 Å². The molecule has 5 heteroatoms. The Balaban J connectivity index is 3.62. The number of rotatable bonds is 6. The van der Waals surface area contributed by atoms with E-state index >= 15 is 0 Å². The van der Waals surface area contributed by atoms with Crippen molar-refractivity contribution in [3.8, 4) is 12.2 Å². The van der Waals surface area contributed by atoms with Crippen molar-refractivity contribution in [3.05, 3.63) is 0 Å². The van der Waals surface area contributed by atoms with Crippen molar-refractivity contribution in [3.63, 3.8) is 0 Å². The molecule has 0 spiro atoms. The molecule has 0 aliphatic carbocycles. The molecule has 0 radical (unpaired) electrons. The molecule has 0 rings (SSSR count). The average Bonchev–Trinajstić information content (AvgIpc) is 2.13. The third-order valence-electron chi connectivity index (χ3n) is 0.847. The molecule has 4 nitrogen and oxygen atoms in total. The van der Waals surface area contributed by atoms with Crippen molar-refractivity contribution < 1.29 is 18.3 Å². The Morgan fingerprint density at radius 1 is 0.923 bits per heavy atom. The van der Waals surface area contributed by atoms with Crippen molar-refractivity contribution >= 4 is 8.60 Å². The summed E-state index contributed by atoms with van der Waals surface area (Å²) in [6.45, 7) is 7.21. The van der Waals surface area contributed by atoms with E-state index < -0.39 is 8.60 Å². The summed E-state index contributed by atoms with van der Waals surface area (Å²) in [4.78, 5) is 0. The maximum Gasteiger partial charge on any atom is 0.406 e. The molecule has 0 atom stereocenters. The van der Waals surface area contributed by atoms with Crippen LogP contribution in [0.2, 0.25) is 0 Å². The van der Waals surface area contributed by atoms with Gasteiger partial charge in [-0.2, -0.15) is 0 Å². The summed E-state index contributed by atoms with van der Waals surface area (Å²) in [5.74, 6) is 0. The summed E-state index contributed by atoms with van der Waals surface area (Å²) in [5, 5.41) is 0. The van der Waals surface area contributed by atoms with E-state index in [1.54, 1.807) is 0 Å². The van der Waals surface area contributed by atoms with Crippen molar-refractivity contribution in [2.75, 3.05) is 19.8 Å². The third kappa shape index (κ3) is 7.86. The van der Waals surface area contributed by atoms with Gasteiger partial charge in [-0.15, -0.1) is 0 Å². The fourth-order valence-electron chi connectivity index (χ4n) is 0.458. The molecule has 76 valence electrons. The van der Waals surface area contributed by atoms with Gasteiger partial charge in [0.1, 0.15) is 0 Å². The molecule has 0 saturated carbocycles. The smallest absolute Gasteiger partial charge is 0.406 e. The van der Waals surface area contributed by atoms with Gasteiger partial charge in [0.25, 0.3) is 0 Å². The van der Waals surface area contributed by atoms with E-state index in [1.807, 2.05) is 20.8 Å². The van der Waals surface area contributed by atoms with Gasteiger partial charge in [-0.25, -0.2) is 0 Å². The average molecular weight is 206 g/mol. The molecule has 0 aromatic heterocycles. The molecule has 0 fully saturated rings. The Morgan fingerprint density at radius 3 is 2.00 bits per heavy atom. The lowest BCUT2D eigenvalue weighted by molar-refractivity contribution is 0.211. The summed E-state index contributed by atoms with van der Waals surface area (Å²) in [6, 6.07) is 0. The highest BCUT2D eigenvalue weighted by Crippen LogP contribution is 2.38. The highest BCUT2D eigenvalue weighted by Gasteiger charge is 2.09. The summed E-state index contributed by atoms with van der Waals surface area (Å²) >= 11 is 0. The first-order valence-electron chi connectivity index (χ1n) is 4.19. The van der Waals surface area contributed by atoms with E-state index in [0.29, 0.717) is 19.8 Å². The molecular weight excluding hydrogens is 191 g/mol. The fourth-order valence-corrected chi connectivity index (χ4v) is 1.17. The normalized spacial score (nSPS) is 9.23. The minimum atomic E-state index is -1.33. The van der Waals surface area contributed by atoms with Crippen LogP contribution in [0.1, 0.15) is 20.8 Å². The Hall–Kier alpha value is -0.490. The minimum absolute atomic E-state index is 0.539. The van der Waals surface area contributed by atoms with Crippen molar-refractivity contribution in [1.82, 2.24) is 0 Å². The molecule has 0 saturated heterocycles. The van der Waals surface area contributed by atoms with Crippen LogP contribution in [-0.4, -0.2) is 19.8 Å². The first-order chi connectivity index (χ1) is 6.35. The maximum absolute atomic E-state index is 5.12. The third-order valence-corrected chi connectivity index (χ3v) is 2.03. The predicted octanol–water partition coefficient (Wildman–Crippen LogP) is 2.26. The molecule has 0 bridgehead atoms. The first kappa shape index (κ1) is 12.5. The van der Waals surface area contributed by atoms with E-state index in [1.165, 1.54) is 0 Å². The van der Waals surface area contributed by atoms with Crippen LogP contribution in [0, 0.1) is 12.2 Å². The highest BCUT2D eigenvalue weighted by molar-refractivity contribution is 7.41. The second-order valence-electron chi connectivity index (χ2n) is 1.79. The molecule has 0 aromatic rings. The van der Waals surface area contributed by atoms with Crippen LogP contribution in [0.3, 0.4) is 0 Å². The van der Waals surface area contributed by atoms with E-state index in [-0.39, 0.29) is 0 Å². The first-order valence-corrected chi connectivity index (χ1v) is 5.29. The molecule has 0 heterocycles. The highest BCUT2D eigenvalue weighted by atomic mass is 31.2. The number of ether oxygens (including phenoxy) is 1. The Kier molecular flexibility index (Phi) is 9.24. The monoisotopic (exact) mass is 206 g/mol. The van der Waals surface area contributed by atoms with Crippen molar-refractivity contribution in [1.29, 1.82) is 0 Å². The Morgan fingerprint density at radius 2 is 1.54 bits per heavy atom. The molecule has 0 amide bonds. The van der Waals surface area contributed by atoms with Crippen molar-refractivity contribution in [2.24, 2.45) is 0 Å². The lowest BCUT2D eigenvalue weighted by Crippen LogP contribution is -1.91. The summed E-state index contributed by atoms with van der Waals surface area (Å²) in [7, 11) is -1.33. The van der Waals surface area contributed by atoms with Crippen LogP contribution >= 0.6 is 8.60 Å². The molecular formula is C8H15O4P. The molecule has 0 aromatic carbocycles. The van der Waals surface area contributed by atoms with Gasteiger partial charge in [0, 0.05) is 0 Å². The van der Waals surface area contributed by atoms with Crippen LogP contribution in [0.25, 0.3) is 0 Å². The van der Waals surface area contributed by atoms with E-state index in [0.717, 1.165) is 0 Å². The number of hydrogen-bond donors (Lipinski definition) is 0. The zero-order valence-corrected chi connectivity index (χ0v) is 9.10. The van der Waals surface area contributed by atoms with Gasteiger partial charge in [0.15, 0.2) is 12.2 Å². The zero-order valence-electron chi connectivity index (χ0n) is 8.20. The van der Waals surface area contributed by atoms with Gasteiger partial charge in [0.05, 0.1) is 19.8 Å². The second-order valence-corrected chi connectivity index (χ2v) is 2.93. The van der Waals surface area contributed by atoms with Gasteiger partial charge in [-0.05, 0) is 20.8 Å². The van der Waals surface area contributed by atoms with Crippen molar-refractivity contribution in [2.45, 2.75) is 20.8 Å². The van der Waals surface area contributed by atoms with Crippen LogP contribution in [0.15, 0.2) is 0 Å². The molecule has 0 unspecified atom stereocenters. The standard InChI is InChI=1S/C8H15O4P/c1-4-9-7-8-12-13(10-5-2)11-6-3/h4-6H2,1-3H3. The summed E-state index contributed by atoms with van der Waals surface area (Å²) in [5.41, 5.74) is 0. The summed E-state index contributed by atoms with van der Waals surface area (Å²) in [6.07, 6.45) is 4.73. The zero-order chi connectivity index (χ0) is 9.94. The van der Waals surface area contributed by atoms with Crippen LogP contribution in [-0.2, 0) is 18.3 Å². The Labute approximate surface area is 80.5 Å². The molecule has 0 aliphatic heterocycles. The lowest BCUT2D eigenvalue weighted by atomic mass is 10.9. The SMILES string of the molecule is CCOC#COP(OCC)OCC. The van der Waals surface area contributed by atoms with Gasteiger partial charge >= 0.3 is 8.60 Å². The quantitative estimate of drug-likeness (QED) is 0.493. The van der Waals surface area contributed by atoms with E-state index in [4.69, 9.17) is 18.3 Å². The predicted molar refractivity (Wildman–Crippen MR) is 50.7 cm³/mol. The summed E-state index contributed by atoms with van der Waals surface area (Å²) < 4.78 is 20.0.